The Morgan fingerprint density at radius 1 is 1.06 bits per heavy atom. The van der Waals surface area contributed by atoms with Crippen LogP contribution in [0.5, 0.6) is 0 Å². The van der Waals surface area contributed by atoms with Crippen LogP contribution in [-0.4, -0.2) is 69.2 Å². The van der Waals surface area contributed by atoms with Crippen molar-refractivity contribution in [2.45, 2.75) is 130 Å². The van der Waals surface area contributed by atoms with Crippen LogP contribution < -0.4 is 0 Å². The number of carbonyl (C=O) groups is 1. The molecule has 198 valence electrons. The molecule has 1 aliphatic rings. The predicted molar refractivity (Wildman–Crippen MR) is 153 cm³/mol. The van der Waals surface area contributed by atoms with Gasteiger partial charge in [0.2, 0.25) is 0 Å². The van der Waals surface area contributed by atoms with Crippen LogP contribution in [0.2, 0.25) is 39.0 Å². The summed E-state index contributed by atoms with van der Waals surface area (Å²) in [6.07, 6.45) is 11.2. The third-order valence-corrected chi connectivity index (χ3v) is 23.0. The Morgan fingerprint density at radius 3 is 2.03 bits per heavy atom. The molecule has 4 nitrogen and oxygen atoms in total. The van der Waals surface area contributed by atoms with Gasteiger partial charge in [0.1, 0.15) is 0 Å². The van der Waals surface area contributed by atoms with Crippen molar-refractivity contribution in [1.29, 1.82) is 0 Å². The van der Waals surface area contributed by atoms with E-state index < -0.39 is 26.5 Å². The van der Waals surface area contributed by atoms with Gasteiger partial charge in [0.25, 0.3) is 0 Å². The van der Waals surface area contributed by atoms with Crippen molar-refractivity contribution in [1.82, 2.24) is 4.90 Å². The molecule has 0 amide bonds. The molecule has 2 atom stereocenters. The van der Waals surface area contributed by atoms with Crippen LogP contribution in [0, 0.1) is 0 Å². The summed E-state index contributed by atoms with van der Waals surface area (Å²) in [5.74, 6) is -0.237. The third kappa shape index (κ3) is 11.2. The first-order chi connectivity index (χ1) is 16.0. The molecule has 0 saturated carbocycles. The summed E-state index contributed by atoms with van der Waals surface area (Å²) in [5.41, 5.74) is 0.966. The molecular formula is C28H55NO3SiSn. The van der Waals surface area contributed by atoms with Crippen molar-refractivity contribution < 1.29 is 14.3 Å². The number of ether oxygens (including phenoxy) is 2. The van der Waals surface area contributed by atoms with Gasteiger partial charge in [0, 0.05) is 0 Å². The molecule has 0 aromatic rings. The molecule has 0 aromatic carbocycles. The van der Waals surface area contributed by atoms with Gasteiger partial charge in [0.05, 0.1) is 0 Å². The average Bonchev–Trinajstić information content (AvgIpc) is 2.77. The van der Waals surface area contributed by atoms with Crippen molar-refractivity contribution in [2.75, 3.05) is 13.7 Å². The number of unbranched alkanes of at least 4 members (excludes halogenated alkanes) is 3. The summed E-state index contributed by atoms with van der Waals surface area (Å²) in [7, 11) is 0.852. The second-order valence-corrected chi connectivity index (χ2v) is 30.4. The van der Waals surface area contributed by atoms with Gasteiger partial charge in [-0.3, -0.25) is 0 Å². The molecule has 6 heteroatoms. The average molecular weight is 601 g/mol. The van der Waals surface area contributed by atoms with Gasteiger partial charge in [-0.2, -0.15) is 0 Å². The van der Waals surface area contributed by atoms with Crippen LogP contribution in [0.15, 0.2) is 21.9 Å². The number of esters is 1. The molecular weight excluding hydrogens is 545 g/mol. The van der Waals surface area contributed by atoms with Crippen LogP contribution in [0.25, 0.3) is 0 Å². The maximum absolute atomic E-state index is 12.6. The number of cyclic esters (lactones) is 1. The summed E-state index contributed by atoms with van der Waals surface area (Å²) < 4.78 is 19.3. The number of hydrogen-bond acceptors (Lipinski definition) is 4. The monoisotopic (exact) mass is 601 g/mol. The topological polar surface area (TPSA) is 38.8 Å². The standard InChI is InChI=1S/C16H28NO3Si.3C4H9.Sn/c1-8-14-16(19-9-10-21(5,6)7)13(11-15(18)20-14)17(4)12(2)3;3*1-3-4-2;/h1,8,11-12,14,16H,9-10H2,2-7H3;3*1,3-4H2,2H3;/t14-,16-;;;;/m0..../s1. The van der Waals surface area contributed by atoms with Crippen LogP contribution >= 0.6 is 0 Å². The van der Waals surface area contributed by atoms with Crippen molar-refractivity contribution in [3.63, 3.8) is 0 Å². The Balaban J connectivity index is 3.28. The fourth-order valence-electron chi connectivity index (χ4n) is 4.52. The number of hydrogen-bond donors (Lipinski definition) is 0. The van der Waals surface area contributed by atoms with Gasteiger partial charge in [-0.25, -0.2) is 0 Å². The minimum atomic E-state index is -2.48. The van der Waals surface area contributed by atoms with Crippen LogP contribution in [-0.2, 0) is 14.3 Å². The van der Waals surface area contributed by atoms with E-state index in [4.69, 9.17) is 9.47 Å². The second-order valence-electron chi connectivity index (χ2n) is 11.8. The Hall–Kier alpha value is -0.274. The Labute approximate surface area is 216 Å². The molecule has 0 radical (unpaired) electrons. The van der Waals surface area contributed by atoms with E-state index >= 15 is 0 Å². The second kappa shape index (κ2) is 15.8. The summed E-state index contributed by atoms with van der Waals surface area (Å²) >= 11 is -2.48. The van der Waals surface area contributed by atoms with Crippen molar-refractivity contribution >= 4 is 32.4 Å². The Bertz CT molecular complexity index is 635. The molecule has 34 heavy (non-hydrogen) atoms. The zero-order valence-corrected chi connectivity index (χ0v) is 27.8. The summed E-state index contributed by atoms with van der Waals surface area (Å²) in [4.78, 5) is 14.8. The van der Waals surface area contributed by atoms with E-state index in [0.717, 1.165) is 18.3 Å². The molecule has 0 N–H and O–H groups in total. The van der Waals surface area contributed by atoms with Gasteiger partial charge < -0.3 is 0 Å². The molecule has 1 heterocycles. The Kier molecular flexibility index (Phi) is 14.7. The van der Waals surface area contributed by atoms with E-state index in [2.05, 4.69) is 76.4 Å². The zero-order chi connectivity index (χ0) is 25.8. The van der Waals surface area contributed by atoms with Crippen LogP contribution in [0.3, 0.4) is 0 Å². The first-order valence-corrected chi connectivity index (χ1v) is 25.4. The summed E-state index contributed by atoms with van der Waals surface area (Å²) in [6, 6.07) is 1.40. The first-order valence-electron chi connectivity index (χ1n) is 13.9. The molecule has 0 aliphatic carbocycles. The summed E-state index contributed by atoms with van der Waals surface area (Å²) in [5, 5.41) is 0. The van der Waals surface area contributed by atoms with E-state index in [1.165, 1.54) is 51.8 Å². The maximum atomic E-state index is 12.6. The van der Waals surface area contributed by atoms with Gasteiger partial charge >= 0.3 is 218 Å². The van der Waals surface area contributed by atoms with Crippen LogP contribution in [0.1, 0.15) is 73.1 Å². The van der Waals surface area contributed by atoms with Crippen LogP contribution in [0.4, 0.5) is 0 Å². The Morgan fingerprint density at radius 2 is 1.59 bits per heavy atom. The van der Waals surface area contributed by atoms with Crippen molar-refractivity contribution in [2.24, 2.45) is 0 Å². The zero-order valence-electron chi connectivity index (χ0n) is 23.9. The molecule has 0 unspecified atom stereocenters. The molecule has 1 aliphatic heterocycles. The molecule has 0 aromatic heterocycles. The van der Waals surface area contributed by atoms with E-state index in [9.17, 15) is 4.79 Å². The quantitative estimate of drug-likeness (QED) is 0.126. The fraction of sp³-hybridized carbons (Fsp3) is 0.821. The van der Waals surface area contributed by atoms with Crippen molar-refractivity contribution in [3.8, 4) is 0 Å². The van der Waals surface area contributed by atoms with Gasteiger partial charge in [-0.1, -0.05) is 0 Å². The molecule has 1 rings (SSSR count). The first kappa shape index (κ1) is 31.8. The number of rotatable bonds is 17. The van der Waals surface area contributed by atoms with E-state index in [-0.39, 0.29) is 18.2 Å². The number of carbonyl (C=O) groups excluding carboxylic acids is 1. The molecule has 0 saturated heterocycles. The van der Waals surface area contributed by atoms with Gasteiger partial charge in [-0.15, -0.1) is 0 Å². The summed E-state index contributed by atoms with van der Waals surface area (Å²) in [6.45, 7) is 19.1. The van der Waals surface area contributed by atoms with Gasteiger partial charge in [0.15, 0.2) is 0 Å². The van der Waals surface area contributed by atoms with Gasteiger partial charge in [-0.05, 0) is 0 Å². The van der Waals surface area contributed by atoms with E-state index in [1.807, 2.05) is 0 Å². The third-order valence-electron chi connectivity index (χ3n) is 7.16. The normalized spacial score (nSPS) is 19.6. The molecule has 0 fully saturated rings. The SMILES string of the molecule is CCC[CH2][Sn](/[CH]=C/[C@@H]1OC(=O)C=C(N(C)C(C)C)[C@@H]1OCC[Si](C)(C)C)([CH2]CCC)[CH2]CCC. The fourth-order valence-corrected chi connectivity index (χ4v) is 19.6. The van der Waals surface area contributed by atoms with Crippen molar-refractivity contribution in [3.05, 3.63) is 21.9 Å². The number of nitrogens with zero attached hydrogens (tertiary/aromatic N) is 1. The van der Waals surface area contributed by atoms with E-state index in [0.29, 0.717) is 6.04 Å². The predicted octanol–water partition coefficient (Wildman–Crippen LogP) is 7.80. The van der Waals surface area contributed by atoms with E-state index in [1.54, 1.807) is 6.08 Å². The molecule has 0 spiro atoms. The minimum absolute atomic E-state index is 0.217. The number of likely N-dealkylation sites (N-methyl/N-ethyl adjacent to an activating group) is 1. The molecule has 0 bridgehead atoms.